The topological polar surface area (TPSA) is 61.4 Å². The fraction of sp³-hybridized carbons (Fsp3) is 0.227. The lowest BCUT2D eigenvalue weighted by atomic mass is 10.1. The lowest BCUT2D eigenvalue weighted by molar-refractivity contribution is 0.102. The number of amides is 1. The normalized spacial score (nSPS) is 14.6. The van der Waals surface area contributed by atoms with Gasteiger partial charge < -0.3 is 15.1 Å². The van der Waals surface area contributed by atoms with Gasteiger partial charge in [-0.15, -0.1) is 0 Å². The number of rotatable bonds is 4. The second kappa shape index (κ2) is 8.59. The summed E-state index contributed by atoms with van der Waals surface area (Å²) in [4.78, 5) is 25.7. The Morgan fingerprint density at radius 3 is 2.48 bits per heavy atom. The zero-order chi connectivity index (χ0) is 20.2. The molecule has 148 valence electrons. The van der Waals surface area contributed by atoms with Gasteiger partial charge in [0.1, 0.15) is 12.0 Å². The molecule has 3 aromatic rings. The number of hydrogen-bond acceptors (Lipinski definition) is 5. The Morgan fingerprint density at radius 1 is 1.00 bits per heavy atom. The molecule has 0 unspecified atom stereocenters. The Kier molecular flexibility index (Phi) is 5.74. The average molecular weight is 408 g/mol. The summed E-state index contributed by atoms with van der Waals surface area (Å²) < 4.78 is 0. The summed E-state index contributed by atoms with van der Waals surface area (Å²) in [6.07, 6.45) is 1.39. The van der Waals surface area contributed by atoms with Crippen molar-refractivity contribution in [3.8, 4) is 11.3 Å². The van der Waals surface area contributed by atoms with Crippen molar-refractivity contribution in [2.45, 2.75) is 0 Å². The van der Waals surface area contributed by atoms with E-state index >= 15 is 0 Å². The molecule has 0 bridgehead atoms. The molecular weight excluding hydrogens is 386 g/mol. The number of nitrogens with one attached hydrogen (secondary N) is 1. The fourth-order valence-electron chi connectivity index (χ4n) is 3.30. The number of likely N-dealkylation sites (N-methyl/N-ethyl adjacent to an activating group) is 1. The fourth-order valence-corrected chi connectivity index (χ4v) is 3.49. The highest BCUT2D eigenvalue weighted by Gasteiger charge is 2.15. The smallest absolute Gasteiger partial charge is 0.274 e. The molecular formula is C22H22ClN5O. The Hall–Kier alpha value is -2.96. The molecule has 1 fully saturated rings. The molecule has 1 aliphatic heterocycles. The molecule has 0 spiro atoms. The molecule has 1 N–H and O–H groups in total. The van der Waals surface area contributed by atoms with Crippen LogP contribution < -0.4 is 10.2 Å². The standard InChI is InChI=1S/C22H22ClN5O/c1-27-9-11-28(12-10-27)19-7-5-18(6-8-19)26-22(29)21-14-20(24-15-25-21)16-3-2-4-17(23)13-16/h2-8,13-15H,9-12H2,1H3,(H,26,29). The third-order valence-corrected chi connectivity index (χ3v) is 5.25. The Morgan fingerprint density at radius 2 is 1.76 bits per heavy atom. The minimum atomic E-state index is -0.275. The molecule has 1 saturated heterocycles. The van der Waals surface area contributed by atoms with Gasteiger partial charge in [0.25, 0.3) is 5.91 Å². The maximum Gasteiger partial charge on any atom is 0.274 e. The van der Waals surface area contributed by atoms with E-state index in [1.807, 2.05) is 42.5 Å². The van der Waals surface area contributed by atoms with Crippen LogP contribution in [0.25, 0.3) is 11.3 Å². The van der Waals surface area contributed by atoms with E-state index in [9.17, 15) is 4.79 Å². The number of aromatic nitrogens is 2. The largest absolute Gasteiger partial charge is 0.369 e. The number of piperazine rings is 1. The van der Waals surface area contributed by atoms with E-state index < -0.39 is 0 Å². The van der Waals surface area contributed by atoms with Crippen molar-refractivity contribution in [2.24, 2.45) is 0 Å². The Bertz CT molecular complexity index is 1000. The van der Waals surface area contributed by atoms with Crippen LogP contribution in [0.3, 0.4) is 0 Å². The van der Waals surface area contributed by atoms with Crippen LogP contribution in [0.1, 0.15) is 10.5 Å². The van der Waals surface area contributed by atoms with Gasteiger partial charge in [-0.05, 0) is 49.5 Å². The molecule has 4 rings (SSSR count). The van der Waals surface area contributed by atoms with Crippen LogP contribution >= 0.6 is 11.6 Å². The predicted octanol–water partition coefficient (Wildman–Crippen LogP) is 3.80. The molecule has 0 radical (unpaired) electrons. The van der Waals surface area contributed by atoms with Crippen molar-refractivity contribution >= 4 is 28.9 Å². The van der Waals surface area contributed by atoms with E-state index in [4.69, 9.17) is 11.6 Å². The second-order valence-electron chi connectivity index (χ2n) is 7.09. The third-order valence-electron chi connectivity index (χ3n) is 5.01. The summed E-state index contributed by atoms with van der Waals surface area (Å²) in [7, 11) is 2.14. The monoisotopic (exact) mass is 407 g/mol. The highest BCUT2D eigenvalue weighted by atomic mass is 35.5. The maximum absolute atomic E-state index is 12.6. The van der Waals surface area contributed by atoms with Crippen molar-refractivity contribution in [3.63, 3.8) is 0 Å². The summed E-state index contributed by atoms with van der Waals surface area (Å²) in [5.74, 6) is -0.275. The molecule has 0 aliphatic carbocycles. The van der Waals surface area contributed by atoms with Crippen LogP contribution in [0, 0.1) is 0 Å². The average Bonchev–Trinajstić information content (AvgIpc) is 2.75. The van der Waals surface area contributed by atoms with E-state index in [1.54, 1.807) is 12.1 Å². The van der Waals surface area contributed by atoms with Crippen LogP contribution in [0.4, 0.5) is 11.4 Å². The van der Waals surface area contributed by atoms with Crippen molar-refractivity contribution in [2.75, 3.05) is 43.4 Å². The van der Waals surface area contributed by atoms with Gasteiger partial charge in [0.05, 0.1) is 5.69 Å². The molecule has 29 heavy (non-hydrogen) atoms. The zero-order valence-corrected chi connectivity index (χ0v) is 16.9. The highest BCUT2D eigenvalue weighted by Crippen LogP contribution is 2.22. The summed E-state index contributed by atoms with van der Waals surface area (Å²) in [5, 5.41) is 3.52. The molecule has 6 nitrogen and oxygen atoms in total. The van der Waals surface area contributed by atoms with Crippen molar-refractivity contribution < 1.29 is 4.79 Å². The predicted molar refractivity (Wildman–Crippen MR) is 117 cm³/mol. The summed E-state index contributed by atoms with van der Waals surface area (Å²) in [5.41, 5.74) is 3.69. The van der Waals surface area contributed by atoms with Gasteiger partial charge in [0.15, 0.2) is 0 Å². The number of halogens is 1. The molecule has 0 saturated carbocycles. The lowest BCUT2D eigenvalue weighted by Gasteiger charge is -2.34. The molecule has 7 heteroatoms. The third kappa shape index (κ3) is 4.72. The minimum absolute atomic E-state index is 0.275. The molecule has 1 aliphatic rings. The first-order valence-corrected chi connectivity index (χ1v) is 9.89. The number of hydrogen-bond donors (Lipinski definition) is 1. The molecule has 2 heterocycles. The molecule has 1 amide bonds. The summed E-state index contributed by atoms with van der Waals surface area (Å²) >= 11 is 6.05. The van der Waals surface area contributed by atoms with Gasteiger partial charge >= 0.3 is 0 Å². The Balaban J connectivity index is 1.45. The molecule has 2 aromatic carbocycles. The van der Waals surface area contributed by atoms with E-state index in [2.05, 4.69) is 32.1 Å². The van der Waals surface area contributed by atoms with Crippen LogP contribution in [0.15, 0.2) is 60.9 Å². The minimum Gasteiger partial charge on any atom is -0.369 e. The van der Waals surface area contributed by atoms with E-state index in [0.29, 0.717) is 16.4 Å². The molecule has 0 atom stereocenters. The van der Waals surface area contributed by atoms with Crippen LogP contribution in [-0.4, -0.2) is 54.0 Å². The first-order chi connectivity index (χ1) is 14.1. The lowest BCUT2D eigenvalue weighted by Crippen LogP contribution is -2.44. The summed E-state index contributed by atoms with van der Waals surface area (Å²) in [6, 6.07) is 16.9. The number of carbonyl (C=O) groups excluding carboxylic acids is 1. The van der Waals surface area contributed by atoms with Gasteiger partial charge in [-0.2, -0.15) is 0 Å². The maximum atomic E-state index is 12.6. The van der Waals surface area contributed by atoms with Crippen LogP contribution in [-0.2, 0) is 0 Å². The van der Waals surface area contributed by atoms with E-state index in [1.165, 1.54) is 12.0 Å². The van der Waals surface area contributed by atoms with E-state index in [0.717, 1.165) is 37.4 Å². The quantitative estimate of drug-likeness (QED) is 0.712. The van der Waals surface area contributed by atoms with Crippen molar-refractivity contribution in [1.29, 1.82) is 0 Å². The highest BCUT2D eigenvalue weighted by molar-refractivity contribution is 6.30. The molecule has 1 aromatic heterocycles. The van der Waals surface area contributed by atoms with Crippen molar-refractivity contribution in [3.05, 3.63) is 71.6 Å². The second-order valence-corrected chi connectivity index (χ2v) is 7.53. The van der Waals surface area contributed by atoms with Crippen LogP contribution in [0.2, 0.25) is 5.02 Å². The van der Waals surface area contributed by atoms with E-state index in [-0.39, 0.29) is 5.91 Å². The van der Waals surface area contributed by atoms with Gasteiger partial charge in [-0.3, -0.25) is 4.79 Å². The number of carbonyl (C=O) groups is 1. The zero-order valence-electron chi connectivity index (χ0n) is 16.2. The van der Waals surface area contributed by atoms with Crippen molar-refractivity contribution in [1.82, 2.24) is 14.9 Å². The van der Waals surface area contributed by atoms with Gasteiger partial charge in [0, 0.05) is 48.1 Å². The van der Waals surface area contributed by atoms with Crippen LogP contribution in [0.5, 0.6) is 0 Å². The Labute approximate surface area is 175 Å². The number of nitrogens with zero attached hydrogens (tertiary/aromatic N) is 4. The first-order valence-electron chi connectivity index (χ1n) is 9.51. The number of anilines is 2. The number of benzene rings is 2. The first kappa shape index (κ1) is 19.4. The van der Waals surface area contributed by atoms with Gasteiger partial charge in [-0.1, -0.05) is 23.7 Å². The van der Waals surface area contributed by atoms with Gasteiger partial charge in [-0.25, -0.2) is 9.97 Å². The summed E-state index contributed by atoms with van der Waals surface area (Å²) in [6.45, 7) is 4.13. The van der Waals surface area contributed by atoms with Gasteiger partial charge in [0.2, 0.25) is 0 Å². The SMILES string of the molecule is CN1CCN(c2ccc(NC(=O)c3cc(-c4cccc(Cl)c4)ncn3)cc2)CC1.